The van der Waals surface area contributed by atoms with Gasteiger partial charge in [-0.3, -0.25) is 4.40 Å². The first-order valence-electron chi connectivity index (χ1n) is 9.28. The van der Waals surface area contributed by atoms with Gasteiger partial charge in [-0.25, -0.2) is 19.9 Å². The summed E-state index contributed by atoms with van der Waals surface area (Å²) in [5.74, 6) is 1.35. The number of piperazine rings is 1. The molecule has 1 fully saturated rings. The molecule has 1 aliphatic heterocycles. The number of halogens is 1. The Bertz CT molecular complexity index is 1080. The van der Waals surface area contributed by atoms with E-state index >= 15 is 0 Å². The Labute approximate surface area is 173 Å². The van der Waals surface area contributed by atoms with E-state index in [0.29, 0.717) is 16.6 Å². The summed E-state index contributed by atoms with van der Waals surface area (Å²) < 4.78 is 1.82. The van der Waals surface area contributed by atoms with Crippen LogP contribution in [0.1, 0.15) is 13.8 Å². The average Bonchev–Trinajstić information content (AvgIpc) is 3.14. The van der Waals surface area contributed by atoms with Crippen molar-refractivity contribution in [2.75, 3.05) is 11.4 Å². The zero-order chi connectivity index (χ0) is 20.5. The molecule has 1 saturated heterocycles. The Morgan fingerprint density at radius 2 is 2.14 bits per heavy atom. The maximum atomic E-state index is 7.66. The van der Waals surface area contributed by atoms with E-state index in [9.17, 15) is 0 Å². The molecule has 4 heterocycles. The van der Waals surface area contributed by atoms with Crippen LogP contribution in [0.5, 0.6) is 0 Å². The van der Waals surface area contributed by atoms with Crippen LogP contribution in [-0.2, 0) is 0 Å². The highest BCUT2D eigenvalue weighted by Crippen LogP contribution is 2.25. The molecule has 0 aliphatic carbocycles. The number of nitrogens with zero attached hydrogens (tertiary/aromatic N) is 6. The Morgan fingerprint density at radius 3 is 2.90 bits per heavy atom. The van der Waals surface area contributed by atoms with Gasteiger partial charge in [-0.05, 0) is 19.9 Å². The molecule has 9 nitrogen and oxygen atoms in total. The lowest BCUT2D eigenvalue weighted by atomic mass is 9.96. The van der Waals surface area contributed by atoms with Crippen LogP contribution in [0.25, 0.3) is 17.2 Å². The van der Waals surface area contributed by atoms with Crippen molar-refractivity contribution in [1.29, 1.82) is 5.41 Å². The molecule has 0 radical (unpaired) electrons. The van der Waals surface area contributed by atoms with Crippen LogP contribution in [0.15, 0.2) is 42.6 Å². The van der Waals surface area contributed by atoms with Crippen molar-refractivity contribution < 1.29 is 0 Å². The minimum Gasteiger partial charge on any atom is -0.404 e. The van der Waals surface area contributed by atoms with E-state index in [-0.39, 0.29) is 18.1 Å². The molecule has 3 atom stereocenters. The smallest absolute Gasteiger partial charge is 0.180 e. The van der Waals surface area contributed by atoms with E-state index < -0.39 is 0 Å². The summed E-state index contributed by atoms with van der Waals surface area (Å²) in [4.78, 5) is 19.9. The van der Waals surface area contributed by atoms with Gasteiger partial charge < -0.3 is 21.4 Å². The molecule has 29 heavy (non-hydrogen) atoms. The summed E-state index contributed by atoms with van der Waals surface area (Å²) in [6.07, 6.45) is 9.54. The SMILES string of the molecule is CC1CN(c2ccnc(-c3cnc4cnc(Cl)cn34)n2)C(C)C(/C(C=N)=C/N)N1. The van der Waals surface area contributed by atoms with Gasteiger partial charge in [0, 0.05) is 49.0 Å². The molecule has 3 unspecified atom stereocenters. The zero-order valence-corrected chi connectivity index (χ0v) is 16.9. The minimum atomic E-state index is -0.0691. The van der Waals surface area contributed by atoms with Gasteiger partial charge in [-0.15, -0.1) is 0 Å². The molecule has 0 spiro atoms. The molecule has 3 aromatic heterocycles. The lowest BCUT2D eigenvalue weighted by molar-refractivity contribution is 0.363. The predicted molar refractivity (Wildman–Crippen MR) is 113 cm³/mol. The Balaban J connectivity index is 1.72. The van der Waals surface area contributed by atoms with Gasteiger partial charge in [0.2, 0.25) is 0 Å². The van der Waals surface area contributed by atoms with Crippen LogP contribution in [0.2, 0.25) is 5.15 Å². The topological polar surface area (TPSA) is 121 Å². The monoisotopic (exact) mass is 411 g/mol. The fraction of sp³-hybridized carbons (Fsp3) is 0.316. The standard InChI is InChI=1S/C19H22ClN9/c1-11-9-28(12(2)18(26-11)13(5-21)6-22)16-3-4-23-19(27-16)14-7-25-17-8-24-15(20)10-29(14)17/h3-8,10-12,18,21,26H,9,22H2,1-2H3/b13-6+,21-5?. The molecule has 150 valence electrons. The third kappa shape index (κ3) is 3.54. The van der Waals surface area contributed by atoms with E-state index in [1.807, 2.05) is 10.5 Å². The van der Waals surface area contributed by atoms with E-state index in [1.165, 1.54) is 12.4 Å². The number of rotatable bonds is 4. The van der Waals surface area contributed by atoms with Gasteiger partial charge >= 0.3 is 0 Å². The van der Waals surface area contributed by atoms with Crippen molar-refractivity contribution >= 4 is 29.3 Å². The Kier molecular flexibility index (Phi) is 5.16. The second-order valence-corrected chi connectivity index (χ2v) is 7.46. The van der Waals surface area contributed by atoms with Crippen molar-refractivity contribution in [2.24, 2.45) is 5.73 Å². The van der Waals surface area contributed by atoms with E-state index in [2.05, 4.69) is 39.0 Å². The number of hydrogen-bond acceptors (Lipinski definition) is 8. The van der Waals surface area contributed by atoms with Crippen LogP contribution in [-0.4, -0.2) is 55.2 Å². The number of nitrogens with two attached hydrogens (primary N) is 1. The largest absolute Gasteiger partial charge is 0.404 e. The van der Waals surface area contributed by atoms with Crippen LogP contribution in [0.3, 0.4) is 0 Å². The molecule has 4 rings (SSSR count). The number of imidazole rings is 1. The number of hydrogen-bond donors (Lipinski definition) is 3. The van der Waals surface area contributed by atoms with Gasteiger partial charge in [0.15, 0.2) is 11.5 Å². The maximum absolute atomic E-state index is 7.66. The number of nitrogens with one attached hydrogen (secondary N) is 2. The van der Waals surface area contributed by atoms with E-state index in [1.54, 1.807) is 24.8 Å². The summed E-state index contributed by atoms with van der Waals surface area (Å²) in [5, 5.41) is 11.6. The lowest BCUT2D eigenvalue weighted by Gasteiger charge is -2.44. The van der Waals surface area contributed by atoms with Gasteiger partial charge in [0.05, 0.1) is 18.4 Å². The maximum Gasteiger partial charge on any atom is 0.180 e. The molecule has 0 saturated carbocycles. The Hall–Kier alpha value is -3.04. The van der Waals surface area contributed by atoms with Gasteiger partial charge in [0.1, 0.15) is 16.7 Å². The first-order valence-corrected chi connectivity index (χ1v) is 9.66. The molecule has 0 bridgehead atoms. The fourth-order valence-electron chi connectivity index (χ4n) is 3.72. The van der Waals surface area contributed by atoms with Crippen LogP contribution >= 0.6 is 11.6 Å². The highest BCUT2D eigenvalue weighted by atomic mass is 35.5. The second-order valence-electron chi connectivity index (χ2n) is 7.07. The summed E-state index contributed by atoms with van der Waals surface area (Å²) in [6, 6.07) is 2.07. The van der Waals surface area contributed by atoms with E-state index in [4.69, 9.17) is 27.7 Å². The highest BCUT2D eigenvalue weighted by Gasteiger charge is 2.33. The zero-order valence-electron chi connectivity index (χ0n) is 16.1. The first kappa shape index (κ1) is 19.3. The van der Waals surface area contributed by atoms with Gasteiger partial charge in [-0.2, -0.15) is 0 Å². The quantitative estimate of drug-likeness (QED) is 0.560. The third-order valence-electron chi connectivity index (χ3n) is 5.16. The molecular formula is C19H22ClN9. The molecule has 3 aromatic rings. The molecule has 0 amide bonds. The first-order chi connectivity index (χ1) is 14.0. The lowest BCUT2D eigenvalue weighted by Crippen LogP contribution is -2.61. The average molecular weight is 412 g/mol. The van der Waals surface area contributed by atoms with Crippen molar-refractivity contribution in [3.8, 4) is 11.5 Å². The molecule has 1 aliphatic rings. The van der Waals surface area contributed by atoms with Crippen molar-refractivity contribution in [1.82, 2.24) is 29.7 Å². The van der Waals surface area contributed by atoms with Crippen molar-refractivity contribution in [2.45, 2.75) is 32.0 Å². The summed E-state index contributed by atoms with van der Waals surface area (Å²) in [5.41, 5.74) is 7.89. The van der Waals surface area contributed by atoms with Crippen molar-refractivity contribution in [3.63, 3.8) is 0 Å². The number of aromatic nitrogens is 5. The summed E-state index contributed by atoms with van der Waals surface area (Å²) in [6.45, 7) is 4.97. The summed E-state index contributed by atoms with van der Waals surface area (Å²) in [7, 11) is 0. The summed E-state index contributed by atoms with van der Waals surface area (Å²) >= 11 is 6.05. The van der Waals surface area contributed by atoms with Crippen molar-refractivity contribution in [3.05, 3.63) is 47.8 Å². The number of anilines is 1. The molecule has 0 aromatic carbocycles. The Morgan fingerprint density at radius 1 is 1.31 bits per heavy atom. The minimum absolute atomic E-state index is 0.0474. The van der Waals surface area contributed by atoms with E-state index in [0.717, 1.165) is 23.6 Å². The fourth-order valence-corrected chi connectivity index (χ4v) is 3.87. The van der Waals surface area contributed by atoms with Crippen LogP contribution < -0.4 is 16.0 Å². The van der Waals surface area contributed by atoms with Crippen LogP contribution in [0.4, 0.5) is 5.82 Å². The van der Waals surface area contributed by atoms with Gasteiger partial charge in [-0.1, -0.05) is 11.6 Å². The molecule has 10 heteroatoms. The predicted octanol–water partition coefficient (Wildman–Crippen LogP) is 1.89. The van der Waals surface area contributed by atoms with Gasteiger partial charge in [0.25, 0.3) is 0 Å². The third-order valence-corrected chi connectivity index (χ3v) is 5.35. The number of fused-ring (bicyclic) bond motifs is 1. The normalized spacial score (nSPS) is 22.8. The second kappa shape index (κ2) is 7.76. The van der Waals surface area contributed by atoms with Crippen LogP contribution in [0, 0.1) is 5.41 Å². The molecule has 4 N–H and O–H groups in total. The molecular weight excluding hydrogens is 390 g/mol. The highest BCUT2D eigenvalue weighted by molar-refractivity contribution is 6.29.